The van der Waals surface area contributed by atoms with Crippen LogP contribution in [0.5, 0.6) is 0 Å². The second kappa shape index (κ2) is 9.11. The highest BCUT2D eigenvalue weighted by atomic mass is 19.1. The zero-order valence-corrected chi connectivity index (χ0v) is 12.4. The van der Waals surface area contributed by atoms with Crippen molar-refractivity contribution in [3.8, 4) is 11.8 Å². The Kier molecular flexibility index (Phi) is 7.44. The SMILES string of the molecule is CCN(C)CCNC(=O)c1ccc(C#CCCO)cc1F. The van der Waals surface area contributed by atoms with Gasteiger partial charge >= 0.3 is 0 Å². The van der Waals surface area contributed by atoms with Crippen molar-refractivity contribution in [3.63, 3.8) is 0 Å². The van der Waals surface area contributed by atoms with Crippen LogP contribution in [0.25, 0.3) is 0 Å². The summed E-state index contributed by atoms with van der Waals surface area (Å²) in [5.74, 6) is 4.42. The smallest absolute Gasteiger partial charge is 0.254 e. The zero-order chi connectivity index (χ0) is 15.7. The van der Waals surface area contributed by atoms with Crippen LogP contribution in [0.15, 0.2) is 18.2 Å². The summed E-state index contributed by atoms with van der Waals surface area (Å²) >= 11 is 0. The van der Waals surface area contributed by atoms with Gasteiger partial charge < -0.3 is 15.3 Å². The molecule has 0 aliphatic rings. The molecule has 1 rings (SSSR count). The van der Waals surface area contributed by atoms with Gasteiger partial charge in [0.2, 0.25) is 0 Å². The number of amides is 1. The molecule has 1 amide bonds. The van der Waals surface area contributed by atoms with Crippen LogP contribution in [0, 0.1) is 17.7 Å². The van der Waals surface area contributed by atoms with Crippen molar-refractivity contribution in [1.29, 1.82) is 0 Å². The van der Waals surface area contributed by atoms with E-state index < -0.39 is 11.7 Å². The van der Waals surface area contributed by atoms with Crippen molar-refractivity contribution >= 4 is 5.91 Å². The molecule has 21 heavy (non-hydrogen) atoms. The minimum atomic E-state index is -0.591. The first-order valence-corrected chi connectivity index (χ1v) is 6.94. The Labute approximate surface area is 125 Å². The quantitative estimate of drug-likeness (QED) is 0.776. The van der Waals surface area contributed by atoms with Gasteiger partial charge in [0.25, 0.3) is 5.91 Å². The van der Waals surface area contributed by atoms with E-state index >= 15 is 0 Å². The molecule has 0 fully saturated rings. The molecule has 0 unspecified atom stereocenters. The Morgan fingerprint density at radius 1 is 1.48 bits per heavy atom. The molecule has 0 spiro atoms. The molecule has 5 heteroatoms. The van der Waals surface area contributed by atoms with Gasteiger partial charge in [-0.1, -0.05) is 18.8 Å². The van der Waals surface area contributed by atoms with Crippen molar-refractivity contribution in [3.05, 3.63) is 35.1 Å². The number of hydrogen-bond acceptors (Lipinski definition) is 3. The van der Waals surface area contributed by atoms with Gasteiger partial charge in [0.05, 0.1) is 12.2 Å². The van der Waals surface area contributed by atoms with Crippen LogP contribution < -0.4 is 5.32 Å². The highest BCUT2D eigenvalue weighted by Gasteiger charge is 2.11. The molecule has 0 aliphatic heterocycles. The maximum absolute atomic E-state index is 13.9. The summed E-state index contributed by atoms with van der Waals surface area (Å²) < 4.78 is 13.9. The summed E-state index contributed by atoms with van der Waals surface area (Å²) in [4.78, 5) is 13.9. The van der Waals surface area contributed by atoms with Gasteiger partial charge in [-0.15, -0.1) is 0 Å². The standard InChI is InChI=1S/C16H21FN2O2/c1-3-19(2)10-9-18-16(21)14-8-7-13(12-15(14)17)6-4-5-11-20/h7-8,12,20H,3,5,9-11H2,1-2H3,(H,18,21). The zero-order valence-electron chi connectivity index (χ0n) is 12.4. The molecule has 0 saturated heterocycles. The fraction of sp³-hybridized carbons (Fsp3) is 0.438. The first-order chi connectivity index (χ1) is 10.1. The number of halogens is 1. The van der Waals surface area contributed by atoms with E-state index in [1.54, 1.807) is 6.07 Å². The minimum Gasteiger partial charge on any atom is -0.395 e. The molecule has 4 nitrogen and oxygen atoms in total. The number of nitrogens with one attached hydrogen (secondary N) is 1. The van der Waals surface area contributed by atoms with Crippen molar-refractivity contribution in [2.24, 2.45) is 0 Å². The molecule has 0 atom stereocenters. The van der Waals surface area contributed by atoms with Gasteiger partial charge in [-0.25, -0.2) is 4.39 Å². The predicted octanol–water partition coefficient (Wildman–Crippen LogP) is 1.24. The summed E-state index contributed by atoms with van der Waals surface area (Å²) in [6, 6.07) is 4.26. The third kappa shape index (κ3) is 5.94. The lowest BCUT2D eigenvalue weighted by molar-refractivity contribution is 0.0946. The monoisotopic (exact) mass is 292 g/mol. The fourth-order valence-electron chi connectivity index (χ4n) is 1.61. The van der Waals surface area contributed by atoms with Gasteiger partial charge in [-0.05, 0) is 31.8 Å². The maximum Gasteiger partial charge on any atom is 0.254 e. The largest absolute Gasteiger partial charge is 0.395 e. The van der Waals surface area contributed by atoms with Crippen LogP contribution in [-0.2, 0) is 0 Å². The second-order valence-electron chi connectivity index (χ2n) is 4.62. The van der Waals surface area contributed by atoms with E-state index in [9.17, 15) is 9.18 Å². The molecule has 1 aromatic carbocycles. The third-order valence-corrected chi connectivity index (χ3v) is 3.00. The normalized spacial score (nSPS) is 10.1. The van der Waals surface area contributed by atoms with E-state index in [0.29, 0.717) is 25.1 Å². The number of nitrogens with zero attached hydrogens (tertiary/aromatic N) is 1. The number of aliphatic hydroxyl groups is 1. The number of aliphatic hydroxyl groups excluding tert-OH is 1. The predicted molar refractivity (Wildman–Crippen MR) is 80.5 cm³/mol. The number of carbonyl (C=O) groups excluding carboxylic acids is 1. The maximum atomic E-state index is 13.9. The average Bonchev–Trinajstić information content (AvgIpc) is 2.47. The lowest BCUT2D eigenvalue weighted by Crippen LogP contribution is -2.33. The van der Waals surface area contributed by atoms with E-state index in [0.717, 1.165) is 6.54 Å². The van der Waals surface area contributed by atoms with Crippen LogP contribution in [0.4, 0.5) is 4.39 Å². The average molecular weight is 292 g/mol. The molecule has 114 valence electrons. The molecular formula is C16H21FN2O2. The Balaban J connectivity index is 2.63. The summed E-state index contributed by atoms with van der Waals surface area (Å²) in [5.41, 5.74) is 0.505. The van der Waals surface area contributed by atoms with Gasteiger partial charge in [-0.3, -0.25) is 4.79 Å². The number of hydrogen-bond donors (Lipinski definition) is 2. The molecule has 0 radical (unpaired) electrons. The van der Waals surface area contributed by atoms with E-state index in [2.05, 4.69) is 22.1 Å². The highest BCUT2D eigenvalue weighted by Crippen LogP contribution is 2.09. The van der Waals surface area contributed by atoms with Crippen molar-refractivity contribution in [2.45, 2.75) is 13.3 Å². The number of rotatable bonds is 6. The number of benzene rings is 1. The Morgan fingerprint density at radius 2 is 2.24 bits per heavy atom. The van der Waals surface area contributed by atoms with Crippen LogP contribution in [0.2, 0.25) is 0 Å². The Bertz CT molecular complexity index is 535. The van der Waals surface area contributed by atoms with E-state index in [-0.39, 0.29) is 12.2 Å². The third-order valence-electron chi connectivity index (χ3n) is 3.00. The molecule has 0 heterocycles. The van der Waals surface area contributed by atoms with Gasteiger partial charge in [-0.2, -0.15) is 0 Å². The van der Waals surface area contributed by atoms with E-state index in [4.69, 9.17) is 5.11 Å². The topological polar surface area (TPSA) is 52.6 Å². The molecule has 0 bridgehead atoms. The summed E-state index contributed by atoms with van der Waals surface area (Å²) in [6.07, 6.45) is 0.342. The highest BCUT2D eigenvalue weighted by molar-refractivity contribution is 5.94. The number of likely N-dealkylation sites (N-methyl/N-ethyl adjacent to an activating group) is 1. The van der Waals surface area contributed by atoms with Crippen LogP contribution in [-0.4, -0.2) is 49.2 Å². The number of carbonyl (C=O) groups is 1. The summed E-state index contributed by atoms with van der Waals surface area (Å²) in [6.45, 7) is 4.08. The Morgan fingerprint density at radius 3 is 2.86 bits per heavy atom. The van der Waals surface area contributed by atoms with Gasteiger partial charge in [0, 0.05) is 25.1 Å². The van der Waals surface area contributed by atoms with Crippen molar-refractivity contribution < 1.29 is 14.3 Å². The molecule has 0 saturated carbocycles. The molecule has 2 N–H and O–H groups in total. The first-order valence-electron chi connectivity index (χ1n) is 6.94. The molecular weight excluding hydrogens is 271 g/mol. The second-order valence-corrected chi connectivity index (χ2v) is 4.62. The van der Waals surface area contributed by atoms with E-state index in [1.807, 2.05) is 14.0 Å². The lowest BCUT2D eigenvalue weighted by atomic mass is 10.1. The molecule has 0 aromatic heterocycles. The molecule has 0 aliphatic carbocycles. The lowest BCUT2D eigenvalue weighted by Gasteiger charge is -2.14. The van der Waals surface area contributed by atoms with E-state index in [1.165, 1.54) is 12.1 Å². The van der Waals surface area contributed by atoms with Crippen molar-refractivity contribution in [2.75, 3.05) is 33.3 Å². The molecule has 1 aromatic rings. The minimum absolute atomic E-state index is 0.0156. The van der Waals surface area contributed by atoms with Crippen LogP contribution >= 0.6 is 0 Å². The summed E-state index contributed by atoms with van der Waals surface area (Å²) in [7, 11) is 1.95. The summed E-state index contributed by atoms with van der Waals surface area (Å²) in [5, 5.41) is 11.3. The van der Waals surface area contributed by atoms with Crippen LogP contribution in [0.1, 0.15) is 29.3 Å². The van der Waals surface area contributed by atoms with Crippen molar-refractivity contribution in [1.82, 2.24) is 10.2 Å². The van der Waals surface area contributed by atoms with Gasteiger partial charge in [0.1, 0.15) is 5.82 Å². The van der Waals surface area contributed by atoms with Gasteiger partial charge in [0.15, 0.2) is 0 Å². The first kappa shape index (κ1) is 17.2. The fourth-order valence-corrected chi connectivity index (χ4v) is 1.61. The Hall–Kier alpha value is -1.90. The van der Waals surface area contributed by atoms with Crippen LogP contribution in [0.3, 0.4) is 0 Å².